The van der Waals surface area contributed by atoms with Crippen molar-refractivity contribution >= 4 is 11.9 Å². The van der Waals surface area contributed by atoms with Gasteiger partial charge in [0.2, 0.25) is 0 Å². The van der Waals surface area contributed by atoms with Crippen LogP contribution in [-0.4, -0.2) is 40.8 Å². The van der Waals surface area contributed by atoms with E-state index in [1.54, 1.807) is 0 Å². The molecule has 0 saturated heterocycles. The van der Waals surface area contributed by atoms with E-state index in [4.69, 9.17) is 27.4 Å². The molecule has 7 heteroatoms. The van der Waals surface area contributed by atoms with Crippen LogP contribution in [0.3, 0.4) is 0 Å². The minimum atomic E-state index is -1.16. The third-order valence-corrected chi connectivity index (χ3v) is 1.33. The fourth-order valence-electron chi connectivity index (χ4n) is 0.679. The van der Waals surface area contributed by atoms with Crippen LogP contribution >= 0.6 is 0 Å². The minimum Gasteiger partial charge on any atom is -0.480 e. The highest BCUT2D eigenvalue weighted by Gasteiger charge is 2.16. The molecule has 0 heterocycles. The lowest BCUT2D eigenvalue weighted by Gasteiger charge is -2.10. The molecule has 76 valence electrons. The minimum absolute atomic E-state index is 0.0384. The largest absolute Gasteiger partial charge is 0.480 e. The van der Waals surface area contributed by atoms with Gasteiger partial charge in [0.15, 0.2) is 5.96 Å². The van der Waals surface area contributed by atoms with Crippen molar-refractivity contribution in [3.63, 3.8) is 0 Å². The Bertz CT molecular complexity index is 202. The number of aliphatic hydroxyl groups is 1. The number of aliphatic hydroxyl groups excluding tert-OH is 1. The van der Waals surface area contributed by atoms with Crippen LogP contribution in [0.1, 0.15) is 6.42 Å². The summed E-state index contributed by atoms with van der Waals surface area (Å²) >= 11 is 0. The van der Waals surface area contributed by atoms with Gasteiger partial charge in [-0.05, 0) is 0 Å². The zero-order chi connectivity index (χ0) is 10.4. The first-order chi connectivity index (χ1) is 5.93. The lowest BCUT2D eigenvalue weighted by Crippen LogP contribution is -2.35. The molecule has 0 aliphatic heterocycles. The van der Waals surface area contributed by atoms with E-state index in [0.717, 1.165) is 0 Å². The number of carboxylic acid groups (broad SMARTS) is 1. The van der Waals surface area contributed by atoms with Crippen molar-refractivity contribution in [2.24, 2.45) is 22.2 Å². The third-order valence-electron chi connectivity index (χ3n) is 1.33. The fraction of sp³-hybridized carbons (Fsp3) is 0.667. The van der Waals surface area contributed by atoms with Gasteiger partial charge < -0.3 is 27.4 Å². The monoisotopic (exact) mass is 191 g/mol. The molecule has 2 atom stereocenters. The summed E-state index contributed by atoms with van der Waals surface area (Å²) in [5.74, 6) is -1.31. The second kappa shape index (κ2) is 5.33. The Morgan fingerprint density at radius 2 is 2.00 bits per heavy atom. The number of nitrogens with zero attached hydrogens (tertiary/aromatic N) is 1. The summed E-state index contributed by atoms with van der Waals surface area (Å²) in [6, 6.07) is -1.09. The summed E-state index contributed by atoms with van der Waals surface area (Å²) < 4.78 is 0. The van der Waals surface area contributed by atoms with Crippen molar-refractivity contribution in [2.45, 2.75) is 18.6 Å². The van der Waals surface area contributed by atoms with E-state index in [2.05, 4.69) is 4.99 Å². The van der Waals surface area contributed by atoms with Crippen LogP contribution in [0, 0.1) is 0 Å². The molecule has 0 fully saturated rings. The van der Waals surface area contributed by atoms with Crippen LogP contribution in [0.4, 0.5) is 0 Å². The van der Waals surface area contributed by atoms with Crippen molar-refractivity contribution in [1.29, 1.82) is 0 Å². The number of nitrogens with two attached hydrogens (primary N) is 3. The molecule has 0 aromatic carbocycles. The average molecular weight is 191 g/mol. The number of guanidine groups is 1. The maximum absolute atomic E-state index is 10.3. The van der Waals surface area contributed by atoms with E-state index >= 15 is 0 Å². The van der Waals surface area contributed by atoms with Crippen molar-refractivity contribution in [3.8, 4) is 0 Å². The van der Waals surface area contributed by atoms with Gasteiger partial charge in [-0.15, -0.1) is 0 Å². The summed E-state index contributed by atoms with van der Waals surface area (Å²) in [5.41, 5.74) is 15.2. The van der Waals surface area contributed by atoms with Crippen LogP contribution in [0.25, 0.3) is 0 Å². The maximum Gasteiger partial charge on any atom is 0.320 e. The van der Waals surface area contributed by atoms with Gasteiger partial charge in [0.1, 0.15) is 6.04 Å². The summed E-state index contributed by atoms with van der Waals surface area (Å²) in [5, 5.41) is 17.5. The molecule has 13 heavy (non-hydrogen) atoms. The predicted molar refractivity (Wildman–Crippen MR) is 46.9 cm³/mol. The van der Waals surface area contributed by atoms with Crippen LogP contribution < -0.4 is 17.2 Å². The Kier molecular flexibility index (Phi) is 4.78. The molecule has 0 spiro atoms. The van der Waals surface area contributed by atoms with Gasteiger partial charge in [-0.25, -0.2) is 0 Å². The van der Waals surface area contributed by atoms with Gasteiger partial charge in [0.05, 0.1) is 12.6 Å². The normalized spacial score (nSPS) is 14.6. The Hall–Kier alpha value is -1.34. The van der Waals surface area contributed by atoms with Gasteiger partial charge in [-0.1, -0.05) is 0 Å². The van der Waals surface area contributed by atoms with E-state index < -0.39 is 18.1 Å². The standard InChI is InChI=1S/C6H14N4O3/c7-4(5(12)13)1-3(11)2-10-6(8)9/h3-4,11H,1-2,7H2,(H,12,13)(H4,8,9,10)/t3-,4-/m1/s1/i6+1. The number of aliphatic imine (C=N–C) groups is 1. The van der Waals surface area contributed by atoms with Gasteiger partial charge in [0, 0.05) is 6.42 Å². The summed E-state index contributed by atoms with van der Waals surface area (Å²) in [6.07, 6.45) is -1.01. The first-order valence-corrected chi connectivity index (χ1v) is 3.65. The Balaban J connectivity index is 3.80. The first kappa shape index (κ1) is 11.7. The van der Waals surface area contributed by atoms with Gasteiger partial charge in [-0.3, -0.25) is 9.79 Å². The molecule has 0 aromatic rings. The molecule has 7 nitrogen and oxygen atoms in total. The average Bonchev–Trinajstić information content (AvgIpc) is 2.00. The molecule has 0 bridgehead atoms. The Morgan fingerprint density at radius 3 is 2.38 bits per heavy atom. The highest BCUT2D eigenvalue weighted by atomic mass is 16.4. The molecular formula is C6H14N4O3. The lowest BCUT2D eigenvalue weighted by molar-refractivity contribution is -0.139. The second-order valence-corrected chi connectivity index (χ2v) is 2.60. The van der Waals surface area contributed by atoms with E-state index in [9.17, 15) is 4.79 Å². The number of rotatable bonds is 5. The quantitative estimate of drug-likeness (QED) is 0.183. The fourth-order valence-corrected chi connectivity index (χ4v) is 0.679. The highest BCUT2D eigenvalue weighted by molar-refractivity contribution is 5.75. The summed E-state index contributed by atoms with van der Waals surface area (Å²) in [4.78, 5) is 13.8. The van der Waals surface area contributed by atoms with Crippen molar-refractivity contribution < 1.29 is 15.0 Å². The van der Waals surface area contributed by atoms with Crippen LogP contribution in [-0.2, 0) is 4.79 Å². The Morgan fingerprint density at radius 1 is 1.46 bits per heavy atom. The Labute approximate surface area is 75.2 Å². The molecule has 8 N–H and O–H groups in total. The lowest BCUT2D eigenvalue weighted by atomic mass is 10.1. The molecule has 0 aliphatic carbocycles. The number of carbonyl (C=O) groups is 1. The zero-order valence-electron chi connectivity index (χ0n) is 7.05. The van der Waals surface area contributed by atoms with Crippen molar-refractivity contribution in [1.82, 2.24) is 0 Å². The summed E-state index contributed by atoms with van der Waals surface area (Å²) in [7, 11) is 0. The topological polar surface area (TPSA) is 148 Å². The number of hydrogen-bond donors (Lipinski definition) is 5. The molecule has 0 unspecified atom stereocenters. The molecule has 0 radical (unpaired) electrons. The van der Waals surface area contributed by atoms with Crippen molar-refractivity contribution in [3.05, 3.63) is 0 Å². The van der Waals surface area contributed by atoms with Crippen LogP contribution in [0.5, 0.6) is 0 Å². The third kappa shape index (κ3) is 5.88. The van der Waals surface area contributed by atoms with E-state index in [0.29, 0.717) is 0 Å². The zero-order valence-corrected chi connectivity index (χ0v) is 7.05. The second-order valence-electron chi connectivity index (χ2n) is 2.60. The van der Waals surface area contributed by atoms with Gasteiger partial charge in [-0.2, -0.15) is 0 Å². The van der Waals surface area contributed by atoms with Crippen molar-refractivity contribution in [2.75, 3.05) is 6.54 Å². The molecule has 0 rings (SSSR count). The molecule has 0 saturated carbocycles. The van der Waals surface area contributed by atoms with Crippen LogP contribution in [0.15, 0.2) is 4.99 Å². The van der Waals surface area contributed by atoms with E-state index in [1.807, 2.05) is 0 Å². The SMILES string of the molecule is N[C@H](C[C@@H](O)CN=[13C](N)N)C(=O)O. The molecule has 0 aromatic heterocycles. The number of carboxylic acids is 1. The highest BCUT2D eigenvalue weighted by Crippen LogP contribution is 1.96. The summed E-state index contributed by atoms with van der Waals surface area (Å²) in [6.45, 7) is -0.0384. The molecule has 0 amide bonds. The van der Waals surface area contributed by atoms with Crippen LogP contribution in [0.2, 0.25) is 0 Å². The maximum atomic E-state index is 10.3. The first-order valence-electron chi connectivity index (χ1n) is 3.65. The molecular weight excluding hydrogens is 177 g/mol. The smallest absolute Gasteiger partial charge is 0.320 e. The van der Waals surface area contributed by atoms with Gasteiger partial charge >= 0.3 is 5.97 Å². The number of hydrogen-bond acceptors (Lipinski definition) is 4. The molecule has 0 aliphatic rings. The van der Waals surface area contributed by atoms with E-state index in [1.165, 1.54) is 0 Å². The number of aliphatic carboxylic acids is 1. The predicted octanol–water partition coefficient (Wildman–Crippen LogP) is -2.58. The van der Waals surface area contributed by atoms with E-state index in [-0.39, 0.29) is 18.9 Å². The van der Waals surface area contributed by atoms with Gasteiger partial charge in [0.25, 0.3) is 0 Å².